The summed E-state index contributed by atoms with van der Waals surface area (Å²) in [5.74, 6) is -0.0840. The molecule has 0 saturated heterocycles. The summed E-state index contributed by atoms with van der Waals surface area (Å²) >= 11 is 0. The maximum atomic E-state index is 14.0. The fraction of sp³-hybridized carbons (Fsp3) is 0.120. The van der Waals surface area contributed by atoms with Gasteiger partial charge < -0.3 is 18.9 Å². The minimum absolute atomic E-state index is 0.00536. The van der Waals surface area contributed by atoms with Crippen LogP contribution in [0.3, 0.4) is 0 Å². The SMILES string of the molecule is COc1cc(OC)cc(C(=O)Oc2ccc3c(c2C)O/C(=C\c2ccccc2F)C3=O)c1. The number of fused-ring (bicyclic) bond motifs is 1. The summed E-state index contributed by atoms with van der Waals surface area (Å²) in [5, 5.41) is 0. The second-order valence-electron chi connectivity index (χ2n) is 7.02. The Kier molecular flexibility index (Phi) is 5.64. The molecule has 0 radical (unpaired) electrons. The first-order chi connectivity index (χ1) is 15.4. The van der Waals surface area contributed by atoms with E-state index in [-0.39, 0.29) is 34.2 Å². The van der Waals surface area contributed by atoms with Crippen molar-refractivity contribution in [3.63, 3.8) is 0 Å². The quantitative estimate of drug-likeness (QED) is 0.320. The largest absolute Gasteiger partial charge is 0.497 e. The van der Waals surface area contributed by atoms with Gasteiger partial charge in [-0.05, 0) is 43.3 Å². The molecule has 0 amide bonds. The molecule has 1 aliphatic heterocycles. The zero-order valence-electron chi connectivity index (χ0n) is 17.6. The van der Waals surface area contributed by atoms with E-state index in [0.29, 0.717) is 22.6 Å². The Balaban J connectivity index is 1.62. The number of methoxy groups -OCH3 is 2. The van der Waals surface area contributed by atoms with E-state index < -0.39 is 11.8 Å². The van der Waals surface area contributed by atoms with Gasteiger partial charge in [0.05, 0.1) is 25.3 Å². The Bertz CT molecular complexity index is 1240. The molecule has 0 unspecified atom stereocenters. The van der Waals surface area contributed by atoms with Crippen molar-refractivity contribution in [3.05, 3.63) is 88.4 Å². The van der Waals surface area contributed by atoms with Crippen LogP contribution in [0.1, 0.15) is 31.8 Å². The minimum atomic E-state index is -0.628. The van der Waals surface area contributed by atoms with Gasteiger partial charge in [0.1, 0.15) is 28.8 Å². The number of esters is 1. The van der Waals surface area contributed by atoms with Gasteiger partial charge in [-0.2, -0.15) is 0 Å². The van der Waals surface area contributed by atoms with Crippen LogP contribution in [0.25, 0.3) is 6.08 Å². The lowest BCUT2D eigenvalue weighted by Gasteiger charge is -2.11. The van der Waals surface area contributed by atoms with Crippen LogP contribution < -0.4 is 18.9 Å². The number of halogens is 1. The van der Waals surface area contributed by atoms with Gasteiger partial charge in [0.2, 0.25) is 5.78 Å². The Morgan fingerprint density at radius 3 is 2.34 bits per heavy atom. The monoisotopic (exact) mass is 434 g/mol. The number of hydrogen-bond acceptors (Lipinski definition) is 6. The number of benzene rings is 3. The van der Waals surface area contributed by atoms with E-state index in [9.17, 15) is 14.0 Å². The Morgan fingerprint density at radius 2 is 1.69 bits per heavy atom. The molecule has 7 heteroatoms. The van der Waals surface area contributed by atoms with E-state index in [1.54, 1.807) is 31.2 Å². The molecule has 4 rings (SSSR count). The van der Waals surface area contributed by atoms with Gasteiger partial charge in [0.25, 0.3) is 0 Å². The van der Waals surface area contributed by atoms with Crippen LogP contribution in [0, 0.1) is 12.7 Å². The van der Waals surface area contributed by atoms with Gasteiger partial charge >= 0.3 is 5.97 Å². The van der Waals surface area contributed by atoms with Gasteiger partial charge in [0, 0.05) is 17.2 Å². The van der Waals surface area contributed by atoms with Crippen LogP contribution in [0.5, 0.6) is 23.0 Å². The fourth-order valence-electron chi connectivity index (χ4n) is 3.30. The number of rotatable bonds is 5. The number of allylic oxidation sites excluding steroid dienone is 1. The molecule has 1 aliphatic rings. The van der Waals surface area contributed by atoms with Gasteiger partial charge in [-0.3, -0.25) is 4.79 Å². The van der Waals surface area contributed by atoms with E-state index in [1.807, 2.05) is 0 Å². The first kappa shape index (κ1) is 21.1. The van der Waals surface area contributed by atoms with Gasteiger partial charge in [-0.15, -0.1) is 0 Å². The molecule has 32 heavy (non-hydrogen) atoms. The Morgan fingerprint density at radius 1 is 1.00 bits per heavy atom. The van der Waals surface area contributed by atoms with Crippen molar-refractivity contribution in [1.29, 1.82) is 0 Å². The van der Waals surface area contributed by atoms with Crippen molar-refractivity contribution < 1.29 is 32.9 Å². The number of ether oxygens (including phenoxy) is 4. The molecule has 0 aliphatic carbocycles. The molecular weight excluding hydrogens is 415 g/mol. The summed E-state index contributed by atoms with van der Waals surface area (Å²) < 4.78 is 35.6. The highest BCUT2D eigenvalue weighted by Gasteiger charge is 2.31. The highest BCUT2D eigenvalue weighted by atomic mass is 19.1. The number of hydrogen-bond donors (Lipinski definition) is 0. The summed E-state index contributed by atoms with van der Waals surface area (Å²) in [6, 6.07) is 13.8. The summed E-state index contributed by atoms with van der Waals surface area (Å²) in [6.45, 7) is 1.67. The molecule has 0 N–H and O–H groups in total. The predicted molar refractivity (Wildman–Crippen MR) is 115 cm³/mol. The summed E-state index contributed by atoms with van der Waals surface area (Å²) in [7, 11) is 2.96. The summed E-state index contributed by atoms with van der Waals surface area (Å²) in [6.07, 6.45) is 1.35. The molecule has 1 heterocycles. The zero-order chi connectivity index (χ0) is 22.8. The lowest BCUT2D eigenvalue weighted by Crippen LogP contribution is -2.10. The Hall–Kier alpha value is -4.13. The van der Waals surface area contributed by atoms with Crippen molar-refractivity contribution in [1.82, 2.24) is 0 Å². The van der Waals surface area contributed by atoms with E-state index in [4.69, 9.17) is 18.9 Å². The predicted octanol–water partition coefficient (Wildman–Crippen LogP) is 4.99. The van der Waals surface area contributed by atoms with Crippen LogP contribution in [0.4, 0.5) is 4.39 Å². The molecule has 162 valence electrons. The van der Waals surface area contributed by atoms with Crippen molar-refractivity contribution in [3.8, 4) is 23.0 Å². The maximum absolute atomic E-state index is 14.0. The highest BCUT2D eigenvalue weighted by Crippen LogP contribution is 2.39. The number of ketones is 1. The fourth-order valence-corrected chi connectivity index (χ4v) is 3.30. The molecular formula is C25H19FO6. The van der Waals surface area contributed by atoms with Crippen LogP contribution >= 0.6 is 0 Å². The Labute approximate surface area is 183 Å². The smallest absolute Gasteiger partial charge is 0.343 e. The van der Waals surface area contributed by atoms with Crippen molar-refractivity contribution in [2.24, 2.45) is 0 Å². The maximum Gasteiger partial charge on any atom is 0.343 e. The molecule has 3 aromatic carbocycles. The first-order valence-corrected chi connectivity index (χ1v) is 9.69. The third-order valence-corrected chi connectivity index (χ3v) is 5.02. The standard InChI is InChI=1S/C25H19FO6/c1-14-21(32-25(28)16-10-17(29-2)13-18(11-16)30-3)9-8-19-23(27)22(31-24(14)19)12-15-6-4-5-7-20(15)26/h4-13H,1-3H3/b22-12-. The second kappa shape index (κ2) is 8.55. The van der Waals surface area contributed by atoms with Crippen molar-refractivity contribution in [2.75, 3.05) is 14.2 Å². The lowest BCUT2D eigenvalue weighted by molar-refractivity contribution is 0.0732. The molecule has 0 fully saturated rings. The minimum Gasteiger partial charge on any atom is -0.497 e. The zero-order valence-corrected chi connectivity index (χ0v) is 17.6. The number of carbonyl (C=O) groups is 2. The van der Waals surface area contributed by atoms with Gasteiger partial charge in [-0.25, -0.2) is 9.18 Å². The van der Waals surface area contributed by atoms with E-state index in [1.165, 1.54) is 50.6 Å². The van der Waals surface area contributed by atoms with Crippen LogP contribution in [-0.2, 0) is 0 Å². The third-order valence-electron chi connectivity index (χ3n) is 5.02. The highest BCUT2D eigenvalue weighted by molar-refractivity contribution is 6.15. The van der Waals surface area contributed by atoms with Gasteiger partial charge in [0.15, 0.2) is 5.76 Å². The van der Waals surface area contributed by atoms with Gasteiger partial charge in [-0.1, -0.05) is 18.2 Å². The average molecular weight is 434 g/mol. The summed E-state index contributed by atoms with van der Waals surface area (Å²) in [5.41, 5.74) is 1.25. The topological polar surface area (TPSA) is 71.1 Å². The molecule has 0 saturated carbocycles. The molecule has 0 atom stereocenters. The first-order valence-electron chi connectivity index (χ1n) is 9.69. The normalized spacial score (nSPS) is 13.5. The molecule has 6 nitrogen and oxygen atoms in total. The molecule has 3 aromatic rings. The van der Waals surface area contributed by atoms with E-state index in [2.05, 4.69) is 0 Å². The lowest BCUT2D eigenvalue weighted by atomic mass is 10.1. The molecule has 0 aromatic heterocycles. The van der Waals surface area contributed by atoms with E-state index in [0.717, 1.165) is 0 Å². The average Bonchev–Trinajstić information content (AvgIpc) is 3.12. The number of carbonyl (C=O) groups excluding carboxylic acids is 2. The van der Waals surface area contributed by atoms with E-state index >= 15 is 0 Å². The molecule has 0 bridgehead atoms. The van der Waals surface area contributed by atoms with Crippen LogP contribution in [-0.4, -0.2) is 26.0 Å². The van der Waals surface area contributed by atoms with Crippen molar-refractivity contribution in [2.45, 2.75) is 6.92 Å². The van der Waals surface area contributed by atoms with Crippen LogP contribution in [0.2, 0.25) is 0 Å². The molecule has 0 spiro atoms. The van der Waals surface area contributed by atoms with Crippen molar-refractivity contribution >= 4 is 17.8 Å². The number of Topliss-reactive ketones (excluding diaryl/α,β-unsaturated/α-hetero) is 1. The van der Waals surface area contributed by atoms with Crippen LogP contribution in [0.15, 0.2) is 60.4 Å². The summed E-state index contributed by atoms with van der Waals surface area (Å²) in [4.78, 5) is 25.4. The third kappa shape index (κ3) is 3.92. The second-order valence-corrected chi connectivity index (χ2v) is 7.02.